The van der Waals surface area contributed by atoms with Gasteiger partial charge in [-0.3, -0.25) is 4.90 Å². The van der Waals surface area contributed by atoms with Gasteiger partial charge in [0.1, 0.15) is 12.4 Å². The molecule has 8 heteroatoms. The van der Waals surface area contributed by atoms with Crippen molar-refractivity contribution in [3.8, 4) is 41.6 Å². The van der Waals surface area contributed by atoms with E-state index in [4.69, 9.17) is 18.9 Å². The highest BCUT2D eigenvalue weighted by atomic mass is 16.7. The lowest BCUT2D eigenvalue weighted by Crippen LogP contribution is -2.50. The van der Waals surface area contributed by atoms with Crippen LogP contribution in [0.25, 0.3) is 0 Å². The van der Waals surface area contributed by atoms with Gasteiger partial charge in [0.05, 0.1) is 25.8 Å². The minimum atomic E-state index is -0.303. The van der Waals surface area contributed by atoms with Crippen molar-refractivity contribution < 1.29 is 29.2 Å². The SMILES string of the molecule is C#C.C=CCOc1c(C)c2c(c3c1CC1[C@H](N(C)C)c4c(cc(C)c(OC)c4O)CCN1[C@H]3CO)OCO2. The van der Waals surface area contributed by atoms with Crippen LogP contribution < -0.4 is 18.9 Å². The summed E-state index contributed by atoms with van der Waals surface area (Å²) in [4.78, 5) is 4.52. The Morgan fingerprint density at radius 2 is 1.89 bits per heavy atom. The third kappa shape index (κ3) is 4.25. The van der Waals surface area contributed by atoms with E-state index in [0.29, 0.717) is 30.3 Å². The molecule has 0 amide bonds. The minimum absolute atomic E-state index is 0.0323. The average Bonchev–Trinajstić information content (AvgIpc) is 3.33. The summed E-state index contributed by atoms with van der Waals surface area (Å²) in [7, 11) is 5.66. The van der Waals surface area contributed by atoms with Crippen LogP contribution in [0.1, 0.15) is 45.5 Å². The number of terminal acetylenes is 1. The molecular weight excluding hydrogens is 484 g/mol. The molecule has 1 unspecified atom stereocenters. The first kappa shape index (κ1) is 27.6. The molecule has 2 N–H and O–H groups in total. The number of aliphatic hydroxyl groups excluding tert-OH is 1. The molecule has 0 bridgehead atoms. The molecule has 204 valence electrons. The van der Waals surface area contributed by atoms with E-state index in [1.165, 1.54) is 0 Å². The number of phenols is 1. The van der Waals surface area contributed by atoms with Crippen LogP contribution >= 0.6 is 0 Å². The Balaban J connectivity index is 0.00000164. The quantitative estimate of drug-likeness (QED) is 0.439. The number of aryl methyl sites for hydroxylation is 1. The van der Waals surface area contributed by atoms with Gasteiger partial charge in [-0.05, 0) is 51.9 Å². The Morgan fingerprint density at radius 3 is 2.53 bits per heavy atom. The summed E-state index contributed by atoms with van der Waals surface area (Å²) >= 11 is 0. The van der Waals surface area contributed by atoms with Crippen LogP contribution in [-0.2, 0) is 12.8 Å². The number of aliphatic hydroxyl groups is 1. The van der Waals surface area contributed by atoms with Gasteiger partial charge < -0.3 is 34.1 Å². The topological polar surface area (TPSA) is 83.9 Å². The second kappa shape index (κ2) is 11.2. The number of methoxy groups -OCH3 is 1. The number of aromatic hydroxyl groups is 1. The lowest BCUT2D eigenvalue weighted by Gasteiger charge is -2.47. The molecule has 3 atom stereocenters. The molecule has 0 spiro atoms. The summed E-state index contributed by atoms with van der Waals surface area (Å²) in [6, 6.07) is 1.65. The van der Waals surface area contributed by atoms with E-state index in [2.05, 4.69) is 35.3 Å². The number of nitrogens with zero attached hydrogens (tertiary/aromatic N) is 2. The number of phenolic OH excluding ortho intramolecular Hbond substituents is 1. The van der Waals surface area contributed by atoms with Crippen LogP contribution in [0.5, 0.6) is 28.7 Å². The Kier molecular flexibility index (Phi) is 8.12. The number of hydrogen-bond donors (Lipinski definition) is 2. The van der Waals surface area contributed by atoms with Crippen LogP contribution in [0.3, 0.4) is 0 Å². The molecule has 3 aliphatic heterocycles. The third-order valence-corrected chi connectivity index (χ3v) is 7.85. The second-order valence-corrected chi connectivity index (χ2v) is 10.0. The predicted octanol–water partition coefficient (Wildman–Crippen LogP) is 3.68. The number of fused-ring (bicyclic) bond motifs is 5. The summed E-state index contributed by atoms with van der Waals surface area (Å²) in [6.45, 7) is 8.92. The number of benzene rings is 2. The normalized spacial score (nSPS) is 21.3. The zero-order chi connectivity index (χ0) is 27.7. The molecule has 0 fully saturated rings. The molecule has 0 radical (unpaired) electrons. The molecule has 3 aliphatic rings. The van der Waals surface area contributed by atoms with Gasteiger partial charge in [0.15, 0.2) is 23.0 Å². The first-order valence-corrected chi connectivity index (χ1v) is 12.8. The highest BCUT2D eigenvalue weighted by Crippen LogP contribution is 2.55. The van der Waals surface area contributed by atoms with Crippen molar-refractivity contribution in [2.75, 3.05) is 47.8 Å². The zero-order valence-electron chi connectivity index (χ0n) is 22.9. The Bertz CT molecular complexity index is 1240. The molecule has 0 aliphatic carbocycles. The van der Waals surface area contributed by atoms with Crippen molar-refractivity contribution in [1.82, 2.24) is 9.80 Å². The van der Waals surface area contributed by atoms with Crippen LogP contribution in [0.4, 0.5) is 0 Å². The van der Waals surface area contributed by atoms with Gasteiger partial charge in [0.25, 0.3) is 0 Å². The second-order valence-electron chi connectivity index (χ2n) is 10.0. The zero-order valence-corrected chi connectivity index (χ0v) is 22.9. The van der Waals surface area contributed by atoms with Gasteiger partial charge in [-0.25, -0.2) is 0 Å². The molecule has 0 saturated carbocycles. The van der Waals surface area contributed by atoms with Crippen LogP contribution in [-0.4, -0.2) is 73.8 Å². The lowest BCUT2D eigenvalue weighted by molar-refractivity contribution is 0.0317. The molecular formula is C30H38N2O6. The number of hydrogen-bond acceptors (Lipinski definition) is 8. The maximum Gasteiger partial charge on any atom is 0.231 e. The largest absolute Gasteiger partial charge is 0.504 e. The highest BCUT2D eigenvalue weighted by Gasteiger charge is 2.47. The third-order valence-electron chi connectivity index (χ3n) is 7.85. The predicted molar refractivity (Wildman–Crippen MR) is 146 cm³/mol. The van der Waals surface area contributed by atoms with Gasteiger partial charge in [0, 0.05) is 34.8 Å². The molecule has 0 aromatic heterocycles. The molecule has 8 nitrogen and oxygen atoms in total. The van der Waals surface area contributed by atoms with Gasteiger partial charge in [-0.15, -0.1) is 12.8 Å². The highest BCUT2D eigenvalue weighted by molar-refractivity contribution is 5.66. The van der Waals surface area contributed by atoms with E-state index >= 15 is 0 Å². The number of likely N-dealkylation sites (N-methyl/N-ethyl adjacent to an activating group) is 1. The molecule has 38 heavy (non-hydrogen) atoms. The van der Waals surface area contributed by atoms with E-state index in [1.807, 2.05) is 27.9 Å². The van der Waals surface area contributed by atoms with Gasteiger partial charge in [-0.2, -0.15) is 0 Å². The summed E-state index contributed by atoms with van der Waals surface area (Å²) in [5.74, 6) is 2.86. The van der Waals surface area contributed by atoms with Crippen LogP contribution in [0.2, 0.25) is 0 Å². The maximum absolute atomic E-state index is 11.4. The number of ether oxygens (including phenoxy) is 4. The Hall–Kier alpha value is -3.38. The first-order chi connectivity index (χ1) is 18.3. The van der Waals surface area contributed by atoms with Crippen molar-refractivity contribution in [2.45, 2.75) is 44.8 Å². The lowest BCUT2D eigenvalue weighted by atomic mass is 9.81. The monoisotopic (exact) mass is 522 g/mol. The maximum atomic E-state index is 11.4. The first-order valence-electron chi connectivity index (χ1n) is 12.8. The Labute approximate surface area is 225 Å². The van der Waals surface area contributed by atoms with Crippen LogP contribution in [0.15, 0.2) is 18.7 Å². The summed E-state index contributed by atoms with van der Waals surface area (Å²) < 4.78 is 23.6. The molecule has 0 saturated heterocycles. The van der Waals surface area contributed by atoms with E-state index in [9.17, 15) is 10.2 Å². The number of rotatable bonds is 6. The molecule has 5 rings (SSSR count). The summed E-state index contributed by atoms with van der Waals surface area (Å²) in [5, 5.41) is 22.2. The minimum Gasteiger partial charge on any atom is -0.504 e. The Morgan fingerprint density at radius 1 is 1.18 bits per heavy atom. The smallest absolute Gasteiger partial charge is 0.231 e. The molecule has 2 aromatic carbocycles. The van der Waals surface area contributed by atoms with Gasteiger partial charge in [0.2, 0.25) is 6.79 Å². The standard InChI is InChI=1S/C28H36N2O6.C2H2/c1-7-10-34-26-16(3)27-28(36-14-35-27)22-18(26)12-19-23(29(4)5)21-17(8-9-30(19)20(22)13-31)11-15(2)25(33-6)24(21)32;1-2/h7,11,19-20,23,31-32H,1,8-10,12-14H2,2-6H3;1-2H/t19?,20-,23-;/m0./s1. The molecule has 2 aromatic rings. The van der Waals surface area contributed by atoms with E-state index in [0.717, 1.165) is 52.1 Å². The van der Waals surface area contributed by atoms with Crippen molar-refractivity contribution >= 4 is 0 Å². The summed E-state index contributed by atoms with van der Waals surface area (Å²) in [5.41, 5.74) is 5.75. The van der Waals surface area contributed by atoms with Crippen LogP contribution in [0, 0.1) is 26.7 Å². The van der Waals surface area contributed by atoms with Crippen molar-refractivity contribution in [3.63, 3.8) is 0 Å². The fourth-order valence-corrected chi connectivity index (χ4v) is 6.48. The summed E-state index contributed by atoms with van der Waals surface area (Å²) in [6.07, 6.45) is 11.1. The molecule has 3 heterocycles. The van der Waals surface area contributed by atoms with Crippen molar-refractivity contribution in [2.24, 2.45) is 0 Å². The van der Waals surface area contributed by atoms with Crippen molar-refractivity contribution in [1.29, 1.82) is 0 Å². The van der Waals surface area contributed by atoms with Crippen molar-refractivity contribution in [3.05, 3.63) is 52.1 Å². The van der Waals surface area contributed by atoms with E-state index in [1.54, 1.807) is 13.2 Å². The van der Waals surface area contributed by atoms with E-state index < -0.39 is 0 Å². The fourth-order valence-electron chi connectivity index (χ4n) is 6.48. The average molecular weight is 523 g/mol. The van der Waals surface area contributed by atoms with E-state index in [-0.39, 0.29) is 37.3 Å². The van der Waals surface area contributed by atoms with Gasteiger partial charge >= 0.3 is 0 Å². The van der Waals surface area contributed by atoms with Gasteiger partial charge in [-0.1, -0.05) is 18.7 Å². The fraction of sp³-hybridized carbons (Fsp3) is 0.467.